The number of hydrogen-bond donors (Lipinski definition) is 2. The molecule has 5 nitrogen and oxygen atoms in total. The molecule has 1 unspecified atom stereocenters. The molecule has 2 aromatic rings. The zero-order chi connectivity index (χ0) is 17.9. The van der Waals surface area contributed by atoms with Gasteiger partial charge in [0.1, 0.15) is 23.9 Å². The maximum atomic E-state index is 6.16. The topological polar surface area (TPSA) is 62.9 Å². The summed E-state index contributed by atoms with van der Waals surface area (Å²) in [6.07, 6.45) is 5.74. The van der Waals surface area contributed by atoms with Gasteiger partial charge >= 0.3 is 0 Å². The molecule has 0 spiro atoms. The lowest BCUT2D eigenvalue weighted by Gasteiger charge is -2.24. The third kappa shape index (κ3) is 3.15. The van der Waals surface area contributed by atoms with Gasteiger partial charge < -0.3 is 20.7 Å². The van der Waals surface area contributed by atoms with E-state index >= 15 is 0 Å². The molecular formula is C20H20N4OS. The quantitative estimate of drug-likeness (QED) is 0.852. The van der Waals surface area contributed by atoms with Crippen molar-refractivity contribution in [3.05, 3.63) is 83.8 Å². The van der Waals surface area contributed by atoms with Crippen molar-refractivity contribution >= 4 is 23.3 Å². The minimum atomic E-state index is 0.0965. The molecule has 2 aromatic carbocycles. The third-order valence-electron chi connectivity index (χ3n) is 4.29. The molecular weight excluding hydrogens is 344 g/mol. The number of rotatable bonds is 5. The first kappa shape index (κ1) is 16.6. The fourth-order valence-corrected chi connectivity index (χ4v) is 3.68. The van der Waals surface area contributed by atoms with E-state index in [0.29, 0.717) is 12.4 Å². The number of nitrogens with zero attached hydrogens (tertiary/aromatic N) is 2. The van der Waals surface area contributed by atoms with Gasteiger partial charge in [-0.3, -0.25) is 0 Å². The van der Waals surface area contributed by atoms with E-state index in [-0.39, 0.29) is 5.50 Å². The highest BCUT2D eigenvalue weighted by Crippen LogP contribution is 2.34. The maximum absolute atomic E-state index is 6.16. The number of aliphatic imine (C=N–C) groups is 1. The van der Waals surface area contributed by atoms with Gasteiger partial charge in [0, 0.05) is 18.0 Å². The number of hydrogen-bond acceptors (Lipinski definition) is 6. The van der Waals surface area contributed by atoms with Crippen LogP contribution in [0.2, 0.25) is 0 Å². The third-order valence-corrected chi connectivity index (χ3v) is 5.08. The van der Waals surface area contributed by atoms with Crippen molar-refractivity contribution in [2.24, 2.45) is 10.7 Å². The van der Waals surface area contributed by atoms with Gasteiger partial charge in [0.25, 0.3) is 0 Å². The zero-order valence-electron chi connectivity index (χ0n) is 14.4. The molecule has 6 heteroatoms. The molecule has 26 heavy (non-hydrogen) atoms. The monoisotopic (exact) mass is 364 g/mol. The molecule has 0 saturated carbocycles. The molecule has 4 rings (SSSR count). The molecule has 0 aromatic heterocycles. The summed E-state index contributed by atoms with van der Waals surface area (Å²) in [6.45, 7) is 0.537. The number of nitrogens with two attached hydrogens (primary N) is 1. The minimum Gasteiger partial charge on any atom is -0.489 e. The molecule has 2 aliphatic rings. The van der Waals surface area contributed by atoms with Crippen LogP contribution in [0.1, 0.15) is 11.1 Å². The van der Waals surface area contributed by atoms with Gasteiger partial charge in [-0.05, 0) is 24.0 Å². The van der Waals surface area contributed by atoms with Crippen LogP contribution in [0.5, 0.6) is 5.75 Å². The fraction of sp³-hybridized carbons (Fsp3) is 0.150. The lowest BCUT2D eigenvalue weighted by atomic mass is 10.1. The summed E-state index contributed by atoms with van der Waals surface area (Å²) in [5.41, 5.74) is 10.3. The maximum Gasteiger partial charge on any atom is 0.152 e. The molecule has 3 N–H and O–H groups in total. The Labute approximate surface area is 157 Å². The molecule has 0 bridgehead atoms. The molecule has 132 valence electrons. The lowest BCUT2D eigenvalue weighted by molar-refractivity contribution is 0.306. The number of ether oxygens (including phenoxy) is 1. The highest BCUT2D eigenvalue weighted by Gasteiger charge is 2.33. The van der Waals surface area contributed by atoms with Crippen LogP contribution in [0, 0.1) is 0 Å². The van der Waals surface area contributed by atoms with Crippen molar-refractivity contribution in [1.82, 2.24) is 10.2 Å². The molecule has 0 saturated heterocycles. The Morgan fingerprint density at radius 2 is 2.04 bits per heavy atom. The summed E-state index contributed by atoms with van der Waals surface area (Å²) in [7, 11) is 0. The fourth-order valence-electron chi connectivity index (χ4n) is 3.04. The Morgan fingerprint density at radius 1 is 1.19 bits per heavy atom. The number of amidine groups is 1. The van der Waals surface area contributed by atoms with E-state index in [1.165, 1.54) is 0 Å². The van der Waals surface area contributed by atoms with Gasteiger partial charge in [-0.25, -0.2) is 4.99 Å². The normalized spacial score (nSPS) is 18.4. The Kier molecular flexibility index (Phi) is 4.58. The Morgan fingerprint density at radius 3 is 2.85 bits per heavy atom. The average molecular weight is 364 g/mol. The van der Waals surface area contributed by atoms with Crippen LogP contribution in [-0.2, 0) is 6.61 Å². The van der Waals surface area contributed by atoms with Crippen LogP contribution in [0.25, 0.3) is 5.70 Å². The van der Waals surface area contributed by atoms with Crippen molar-refractivity contribution in [2.45, 2.75) is 12.1 Å². The second kappa shape index (κ2) is 7.17. The summed E-state index contributed by atoms with van der Waals surface area (Å²) >= 11 is 1.71. The first-order chi connectivity index (χ1) is 12.8. The van der Waals surface area contributed by atoms with Crippen molar-refractivity contribution in [2.75, 3.05) is 6.26 Å². The Bertz CT molecular complexity index is 892. The van der Waals surface area contributed by atoms with Crippen LogP contribution in [0.15, 0.2) is 77.7 Å². The van der Waals surface area contributed by atoms with E-state index in [0.717, 1.165) is 28.3 Å². The second-order valence-electron chi connectivity index (χ2n) is 5.98. The largest absolute Gasteiger partial charge is 0.489 e. The summed E-state index contributed by atoms with van der Waals surface area (Å²) in [5, 5.41) is 3.53. The average Bonchev–Trinajstić information content (AvgIpc) is 3.08. The van der Waals surface area contributed by atoms with E-state index < -0.39 is 0 Å². The number of benzene rings is 2. The second-order valence-corrected chi connectivity index (χ2v) is 6.90. The predicted molar refractivity (Wildman–Crippen MR) is 107 cm³/mol. The standard InChI is InChI=1S/C20H20N4OS/c1-26-20-23-17(18-19(21)22-10-11-24(18)20)15-8-5-9-16(12-15)25-13-14-6-3-2-4-7-14/h2-12,20,23H,13H2,1H3,(H2,21,22). The van der Waals surface area contributed by atoms with Crippen molar-refractivity contribution < 1.29 is 4.74 Å². The highest BCUT2D eigenvalue weighted by atomic mass is 32.2. The van der Waals surface area contributed by atoms with Crippen LogP contribution >= 0.6 is 11.8 Å². The van der Waals surface area contributed by atoms with Crippen LogP contribution in [-0.4, -0.2) is 22.5 Å². The Hall–Kier alpha value is -2.86. The van der Waals surface area contributed by atoms with Crippen LogP contribution in [0.4, 0.5) is 0 Å². The Balaban J connectivity index is 1.61. The first-order valence-electron chi connectivity index (χ1n) is 8.35. The zero-order valence-corrected chi connectivity index (χ0v) is 15.2. The number of nitrogens with one attached hydrogen (secondary N) is 1. The summed E-state index contributed by atoms with van der Waals surface area (Å²) in [4.78, 5) is 6.36. The molecule has 0 amide bonds. The van der Waals surface area contributed by atoms with E-state index in [9.17, 15) is 0 Å². The van der Waals surface area contributed by atoms with Crippen LogP contribution < -0.4 is 15.8 Å². The van der Waals surface area contributed by atoms with E-state index in [1.54, 1.807) is 18.0 Å². The summed E-state index contributed by atoms with van der Waals surface area (Å²) in [6, 6.07) is 18.2. The summed E-state index contributed by atoms with van der Waals surface area (Å²) < 4.78 is 5.96. The van der Waals surface area contributed by atoms with E-state index in [2.05, 4.69) is 39.7 Å². The van der Waals surface area contributed by atoms with E-state index in [1.807, 2.05) is 42.6 Å². The van der Waals surface area contributed by atoms with Crippen molar-refractivity contribution in [3.63, 3.8) is 0 Å². The van der Waals surface area contributed by atoms with Crippen molar-refractivity contribution in [3.8, 4) is 5.75 Å². The van der Waals surface area contributed by atoms with Gasteiger partial charge in [0.2, 0.25) is 0 Å². The molecule has 0 fully saturated rings. The van der Waals surface area contributed by atoms with Gasteiger partial charge in [0.15, 0.2) is 5.50 Å². The van der Waals surface area contributed by atoms with Crippen molar-refractivity contribution in [1.29, 1.82) is 0 Å². The lowest BCUT2D eigenvalue weighted by Crippen LogP contribution is -2.34. The predicted octanol–water partition coefficient (Wildman–Crippen LogP) is 3.33. The van der Waals surface area contributed by atoms with Crippen LogP contribution in [0.3, 0.4) is 0 Å². The molecule has 2 aliphatic heterocycles. The number of thioether (sulfide) groups is 1. The van der Waals surface area contributed by atoms with Gasteiger partial charge in [-0.1, -0.05) is 42.5 Å². The van der Waals surface area contributed by atoms with E-state index in [4.69, 9.17) is 10.5 Å². The summed E-state index contributed by atoms with van der Waals surface area (Å²) in [5.74, 6) is 1.34. The number of fused-ring (bicyclic) bond motifs is 1. The molecule has 0 radical (unpaired) electrons. The molecule has 1 atom stereocenters. The van der Waals surface area contributed by atoms with Gasteiger partial charge in [-0.2, -0.15) is 0 Å². The van der Waals surface area contributed by atoms with Gasteiger partial charge in [-0.15, -0.1) is 11.8 Å². The minimum absolute atomic E-state index is 0.0965. The first-order valence-corrected chi connectivity index (χ1v) is 9.64. The SMILES string of the molecule is CSC1NC(c2cccc(OCc3ccccc3)c2)=C2C(N)=NC=CN21. The van der Waals surface area contributed by atoms with Gasteiger partial charge in [0.05, 0.1) is 5.70 Å². The molecule has 2 heterocycles. The molecule has 0 aliphatic carbocycles. The highest BCUT2D eigenvalue weighted by molar-refractivity contribution is 7.99. The smallest absolute Gasteiger partial charge is 0.152 e.